The van der Waals surface area contributed by atoms with Gasteiger partial charge >= 0.3 is 6.03 Å². The number of carbonyl (C=O) groups excluding carboxylic acids is 1. The van der Waals surface area contributed by atoms with E-state index < -0.39 is 0 Å². The molecule has 1 aliphatic rings. The molecule has 19 heavy (non-hydrogen) atoms. The highest BCUT2D eigenvalue weighted by atomic mass is 16.7. The molecule has 0 saturated heterocycles. The molecule has 2 rings (SSSR count). The van der Waals surface area contributed by atoms with Crippen LogP contribution in [0.4, 0.5) is 4.79 Å². The van der Waals surface area contributed by atoms with Gasteiger partial charge in [0, 0.05) is 12.1 Å². The molecule has 0 atom stereocenters. The Balaban J connectivity index is 1.70. The zero-order valence-corrected chi connectivity index (χ0v) is 11.1. The van der Waals surface area contributed by atoms with Gasteiger partial charge in [0.15, 0.2) is 11.5 Å². The van der Waals surface area contributed by atoms with Gasteiger partial charge in [0.05, 0.1) is 6.54 Å². The molecule has 0 fully saturated rings. The smallest absolute Gasteiger partial charge is 0.315 e. The monoisotopic (exact) mass is 266 g/mol. The maximum atomic E-state index is 11.3. The van der Waals surface area contributed by atoms with Crippen LogP contribution in [0, 0.1) is 0 Å². The maximum absolute atomic E-state index is 11.3. The fourth-order valence-electron chi connectivity index (χ4n) is 1.61. The topological polar surface area (TPSA) is 68.8 Å². The van der Waals surface area contributed by atoms with Crippen molar-refractivity contribution in [2.45, 2.75) is 19.9 Å². The lowest BCUT2D eigenvalue weighted by Crippen LogP contribution is -2.41. The number of nitrogens with one attached hydrogen (secondary N) is 2. The fraction of sp³-hybridized carbons (Fsp3) is 0.462. The molecule has 0 aromatic heterocycles. The number of benzene rings is 1. The zero-order valence-electron chi connectivity index (χ0n) is 11.1. The van der Waals surface area contributed by atoms with Gasteiger partial charge in [0.25, 0.3) is 0 Å². The summed E-state index contributed by atoms with van der Waals surface area (Å²) in [6, 6.07) is 5.31. The Kier molecular flexibility index (Phi) is 4.33. The molecular formula is C13H18N2O4. The summed E-state index contributed by atoms with van der Waals surface area (Å²) in [4.78, 5) is 11.3. The quantitative estimate of drug-likeness (QED) is 0.792. The van der Waals surface area contributed by atoms with Gasteiger partial charge in [-0.3, -0.25) is 0 Å². The molecule has 1 aromatic rings. The van der Waals surface area contributed by atoms with Crippen LogP contribution in [0.25, 0.3) is 0 Å². The molecule has 104 valence electrons. The van der Waals surface area contributed by atoms with Crippen molar-refractivity contribution in [2.24, 2.45) is 0 Å². The number of hydrogen-bond acceptors (Lipinski definition) is 4. The van der Waals surface area contributed by atoms with Crippen LogP contribution in [0.3, 0.4) is 0 Å². The Morgan fingerprint density at radius 1 is 1.37 bits per heavy atom. The third-order valence-corrected chi connectivity index (χ3v) is 2.42. The van der Waals surface area contributed by atoms with Gasteiger partial charge in [0.1, 0.15) is 12.4 Å². The van der Waals surface area contributed by atoms with E-state index in [1.54, 1.807) is 12.1 Å². The number of fused-ring (bicyclic) bond motifs is 1. The van der Waals surface area contributed by atoms with E-state index in [0.717, 1.165) is 5.75 Å². The lowest BCUT2D eigenvalue weighted by Gasteiger charge is -2.11. The Morgan fingerprint density at radius 2 is 2.16 bits per heavy atom. The molecule has 0 spiro atoms. The van der Waals surface area contributed by atoms with E-state index in [-0.39, 0.29) is 18.9 Å². The van der Waals surface area contributed by atoms with E-state index in [0.29, 0.717) is 24.7 Å². The summed E-state index contributed by atoms with van der Waals surface area (Å²) >= 11 is 0. The van der Waals surface area contributed by atoms with Crippen LogP contribution in [0.5, 0.6) is 17.2 Å². The minimum atomic E-state index is -0.190. The molecule has 0 bridgehead atoms. The van der Waals surface area contributed by atoms with Crippen LogP contribution in [0.1, 0.15) is 13.8 Å². The molecule has 0 radical (unpaired) electrons. The standard InChI is InChI=1S/C13H18N2O4/c1-9(2)15-13(16)14-5-6-17-10-3-4-11-12(7-10)19-8-18-11/h3-4,7,9H,5-6,8H2,1-2H3,(H2,14,15,16). The van der Waals surface area contributed by atoms with E-state index in [1.165, 1.54) is 0 Å². The Bertz CT molecular complexity index is 448. The van der Waals surface area contributed by atoms with Crippen molar-refractivity contribution in [1.29, 1.82) is 0 Å². The van der Waals surface area contributed by atoms with Crippen molar-refractivity contribution >= 4 is 6.03 Å². The number of amides is 2. The molecule has 1 heterocycles. The van der Waals surface area contributed by atoms with Crippen LogP contribution < -0.4 is 24.8 Å². The lowest BCUT2D eigenvalue weighted by atomic mass is 10.3. The molecule has 2 N–H and O–H groups in total. The zero-order chi connectivity index (χ0) is 13.7. The fourth-order valence-corrected chi connectivity index (χ4v) is 1.61. The highest BCUT2D eigenvalue weighted by Gasteiger charge is 2.13. The summed E-state index contributed by atoms with van der Waals surface area (Å²) in [6.07, 6.45) is 0. The van der Waals surface area contributed by atoms with Crippen LogP contribution in [-0.2, 0) is 0 Å². The number of urea groups is 1. The average Bonchev–Trinajstić information content (AvgIpc) is 2.81. The van der Waals surface area contributed by atoms with E-state index in [4.69, 9.17) is 14.2 Å². The van der Waals surface area contributed by atoms with Gasteiger partial charge in [-0.25, -0.2) is 4.79 Å². The van der Waals surface area contributed by atoms with E-state index in [1.807, 2.05) is 19.9 Å². The molecule has 0 aliphatic carbocycles. The normalized spacial score (nSPS) is 12.4. The van der Waals surface area contributed by atoms with Crippen LogP contribution in [0.15, 0.2) is 18.2 Å². The number of carbonyl (C=O) groups is 1. The molecule has 0 unspecified atom stereocenters. The van der Waals surface area contributed by atoms with E-state index >= 15 is 0 Å². The molecule has 1 aliphatic heterocycles. The minimum absolute atomic E-state index is 0.120. The SMILES string of the molecule is CC(C)NC(=O)NCCOc1ccc2c(c1)OCO2. The first-order valence-electron chi connectivity index (χ1n) is 6.22. The van der Waals surface area contributed by atoms with Crippen LogP contribution >= 0.6 is 0 Å². The van der Waals surface area contributed by atoms with Crippen molar-refractivity contribution in [2.75, 3.05) is 19.9 Å². The summed E-state index contributed by atoms with van der Waals surface area (Å²) in [5.41, 5.74) is 0. The van der Waals surface area contributed by atoms with Gasteiger partial charge in [-0.1, -0.05) is 0 Å². The summed E-state index contributed by atoms with van der Waals surface area (Å²) in [5.74, 6) is 2.10. The van der Waals surface area contributed by atoms with E-state index in [2.05, 4.69) is 10.6 Å². The molecule has 2 amide bonds. The predicted octanol–water partition coefficient (Wildman–Crippen LogP) is 1.50. The minimum Gasteiger partial charge on any atom is -0.492 e. The molecular weight excluding hydrogens is 248 g/mol. The summed E-state index contributed by atoms with van der Waals surface area (Å²) in [5, 5.41) is 5.44. The molecule has 6 nitrogen and oxygen atoms in total. The molecule has 6 heteroatoms. The van der Waals surface area contributed by atoms with Gasteiger partial charge < -0.3 is 24.8 Å². The van der Waals surface area contributed by atoms with Crippen molar-refractivity contribution in [3.8, 4) is 17.2 Å². The second kappa shape index (κ2) is 6.17. The van der Waals surface area contributed by atoms with Crippen molar-refractivity contribution in [3.63, 3.8) is 0 Å². The Labute approximate surface area is 112 Å². The second-order valence-corrected chi connectivity index (χ2v) is 4.42. The third-order valence-electron chi connectivity index (χ3n) is 2.42. The number of ether oxygens (including phenoxy) is 3. The van der Waals surface area contributed by atoms with Crippen LogP contribution in [0.2, 0.25) is 0 Å². The van der Waals surface area contributed by atoms with Crippen molar-refractivity contribution in [1.82, 2.24) is 10.6 Å². The summed E-state index contributed by atoms with van der Waals surface area (Å²) < 4.78 is 16.0. The Hall–Kier alpha value is -2.11. The maximum Gasteiger partial charge on any atom is 0.315 e. The van der Waals surface area contributed by atoms with Gasteiger partial charge in [0.2, 0.25) is 6.79 Å². The lowest BCUT2D eigenvalue weighted by molar-refractivity contribution is 0.173. The highest BCUT2D eigenvalue weighted by Crippen LogP contribution is 2.34. The summed E-state index contributed by atoms with van der Waals surface area (Å²) in [6.45, 7) is 4.89. The van der Waals surface area contributed by atoms with E-state index in [9.17, 15) is 4.79 Å². The highest BCUT2D eigenvalue weighted by molar-refractivity contribution is 5.74. The largest absolute Gasteiger partial charge is 0.492 e. The Morgan fingerprint density at radius 3 is 2.95 bits per heavy atom. The van der Waals surface area contributed by atoms with Gasteiger partial charge in [-0.2, -0.15) is 0 Å². The molecule has 1 aromatic carbocycles. The van der Waals surface area contributed by atoms with Crippen LogP contribution in [-0.4, -0.2) is 32.0 Å². The number of rotatable bonds is 5. The molecule has 0 saturated carbocycles. The summed E-state index contributed by atoms with van der Waals surface area (Å²) in [7, 11) is 0. The second-order valence-electron chi connectivity index (χ2n) is 4.42. The van der Waals surface area contributed by atoms with Gasteiger partial charge in [-0.05, 0) is 26.0 Å². The first kappa shape index (κ1) is 13.3. The van der Waals surface area contributed by atoms with Gasteiger partial charge in [-0.15, -0.1) is 0 Å². The van der Waals surface area contributed by atoms with Crippen molar-refractivity contribution in [3.05, 3.63) is 18.2 Å². The first-order chi connectivity index (χ1) is 9.15. The first-order valence-corrected chi connectivity index (χ1v) is 6.22. The van der Waals surface area contributed by atoms with Crippen molar-refractivity contribution < 1.29 is 19.0 Å². The third kappa shape index (κ3) is 3.94. The number of hydrogen-bond donors (Lipinski definition) is 2. The average molecular weight is 266 g/mol. The predicted molar refractivity (Wildman–Crippen MR) is 69.7 cm³/mol.